The van der Waals surface area contributed by atoms with E-state index >= 15 is 0 Å². The molecule has 0 heterocycles. The maximum atomic E-state index is 13.0. The van der Waals surface area contributed by atoms with Crippen molar-refractivity contribution in [2.24, 2.45) is 0 Å². The highest BCUT2D eigenvalue weighted by atomic mass is 19.1. The van der Waals surface area contributed by atoms with E-state index in [1.54, 1.807) is 30.3 Å². The van der Waals surface area contributed by atoms with Crippen molar-refractivity contribution < 1.29 is 19.0 Å². The normalized spacial score (nSPS) is 11.8. The molecule has 0 spiro atoms. The molecule has 18 heavy (non-hydrogen) atoms. The summed E-state index contributed by atoms with van der Waals surface area (Å²) in [5, 5.41) is 9.14. The zero-order chi connectivity index (χ0) is 13.0. The van der Waals surface area contributed by atoms with E-state index in [1.165, 1.54) is 18.2 Å². The van der Waals surface area contributed by atoms with Crippen molar-refractivity contribution in [2.75, 3.05) is 0 Å². The highest BCUT2D eigenvalue weighted by molar-refractivity contribution is 5.74. The van der Waals surface area contributed by atoms with Gasteiger partial charge < -0.3 is 9.84 Å². The molecule has 0 radical (unpaired) electrons. The fraction of sp³-hybridized carbons (Fsp3) is 0.0714. The van der Waals surface area contributed by atoms with Crippen LogP contribution in [0.15, 0.2) is 54.6 Å². The lowest BCUT2D eigenvalue weighted by Crippen LogP contribution is -2.18. The fourth-order valence-electron chi connectivity index (χ4n) is 1.57. The Balaban J connectivity index is 2.25. The maximum absolute atomic E-state index is 13.0. The third-order valence-corrected chi connectivity index (χ3v) is 2.38. The number of rotatable bonds is 4. The van der Waals surface area contributed by atoms with Gasteiger partial charge in [-0.3, -0.25) is 0 Å². The molecule has 1 N–H and O–H groups in total. The van der Waals surface area contributed by atoms with Gasteiger partial charge in [0.25, 0.3) is 0 Å². The molecular formula is C14H11FO3. The monoisotopic (exact) mass is 246 g/mol. The summed E-state index contributed by atoms with van der Waals surface area (Å²) in [6.45, 7) is 0. The molecule has 0 fully saturated rings. The lowest BCUT2D eigenvalue weighted by molar-refractivity contribution is -0.145. The first-order valence-corrected chi connectivity index (χ1v) is 5.37. The Labute approximate surface area is 103 Å². The van der Waals surface area contributed by atoms with E-state index in [9.17, 15) is 9.18 Å². The van der Waals surface area contributed by atoms with Crippen molar-refractivity contribution in [3.8, 4) is 5.75 Å². The molecule has 92 valence electrons. The van der Waals surface area contributed by atoms with Crippen LogP contribution in [0.25, 0.3) is 0 Å². The van der Waals surface area contributed by atoms with E-state index in [0.717, 1.165) is 6.07 Å². The van der Waals surface area contributed by atoms with E-state index in [-0.39, 0.29) is 5.75 Å². The van der Waals surface area contributed by atoms with Gasteiger partial charge in [0.15, 0.2) is 0 Å². The van der Waals surface area contributed by atoms with Gasteiger partial charge in [0.2, 0.25) is 6.10 Å². The van der Waals surface area contributed by atoms with E-state index in [1.807, 2.05) is 0 Å². The molecule has 0 aliphatic heterocycles. The minimum absolute atomic E-state index is 0.186. The minimum atomic E-state index is -1.15. The van der Waals surface area contributed by atoms with Gasteiger partial charge in [-0.05, 0) is 12.1 Å². The van der Waals surface area contributed by atoms with Gasteiger partial charge in [-0.15, -0.1) is 0 Å². The molecule has 0 aliphatic carbocycles. The van der Waals surface area contributed by atoms with Crippen LogP contribution in [0.2, 0.25) is 0 Å². The number of aliphatic carboxylic acids is 1. The van der Waals surface area contributed by atoms with E-state index in [0.29, 0.717) is 5.56 Å². The zero-order valence-electron chi connectivity index (χ0n) is 9.42. The summed E-state index contributed by atoms with van der Waals surface area (Å²) in [4.78, 5) is 11.2. The van der Waals surface area contributed by atoms with Crippen LogP contribution in [-0.4, -0.2) is 11.1 Å². The van der Waals surface area contributed by atoms with Crippen molar-refractivity contribution in [1.82, 2.24) is 0 Å². The molecule has 1 unspecified atom stereocenters. The molecular weight excluding hydrogens is 235 g/mol. The summed E-state index contributed by atoms with van der Waals surface area (Å²) in [6.07, 6.45) is -1.15. The molecule has 0 saturated carbocycles. The van der Waals surface area contributed by atoms with Gasteiger partial charge >= 0.3 is 5.97 Å². The predicted octanol–water partition coefficient (Wildman–Crippen LogP) is 3.03. The Morgan fingerprint density at radius 2 is 1.83 bits per heavy atom. The van der Waals surface area contributed by atoms with Crippen molar-refractivity contribution in [1.29, 1.82) is 0 Å². The number of ether oxygens (including phenoxy) is 1. The molecule has 3 nitrogen and oxygen atoms in total. The third kappa shape index (κ3) is 2.85. The summed E-state index contributed by atoms with van der Waals surface area (Å²) < 4.78 is 18.3. The van der Waals surface area contributed by atoms with Crippen LogP contribution in [-0.2, 0) is 4.79 Å². The number of carboxylic acids is 1. The Bertz CT molecular complexity index is 540. The maximum Gasteiger partial charge on any atom is 0.349 e. The van der Waals surface area contributed by atoms with Gasteiger partial charge in [0.05, 0.1) is 0 Å². The highest BCUT2D eigenvalue weighted by Gasteiger charge is 2.21. The summed E-state index contributed by atoms with van der Waals surface area (Å²) >= 11 is 0. The Hall–Kier alpha value is -2.36. The number of carbonyl (C=O) groups is 1. The van der Waals surface area contributed by atoms with Gasteiger partial charge in [-0.25, -0.2) is 9.18 Å². The Kier molecular flexibility index (Phi) is 3.57. The lowest BCUT2D eigenvalue weighted by Gasteiger charge is -2.15. The number of benzene rings is 2. The predicted molar refractivity (Wildman–Crippen MR) is 63.8 cm³/mol. The van der Waals surface area contributed by atoms with Gasteiger partial charge in [0, 0.05) is 11.6 Å². The van der Waals surface area contributed by atoms with E-state index < -0.39 is 17.9 Å². The first-order valence-electron chi connectivity index (χ1n) is 5.37. The Morgan fingerprint density at radius 1 is 1.11 bits per heavy atom. The molecule has 1 atom stereocenters. The number of hydrogen-bond acceptors (Lipinski definition) is 2. The largest absolute Gasteiger partial charge is 0.478 e. The first kappa shape index (κ1) is 12.1. The SMILES string of the molecule is O=C(O)C(Oc1cccc(F)c1)c1ccccc1. The van der Waals surface area contributed by atoms with Crippen LogP contribution >= 0.6 is 0 Å². The summed E-state index contributed by atoms with van der Waals surface area (Å²) in [5.74, 6) is -1.40. The van der Waals surface area contributed by atoms with Crippen molar-refractivity contribution in [3.63, 3.8) is 0 Å². The van der Waals surface area contributed by atoms with Crippen LogP contribution in [0.1, 0.15) is 11.7 Å². The van der Waals surface area contributed by atoms with Gasteiger partial charge in [-0.2, -0.15) is 0 Å². The Morgan fingerprint density at radius 3 is 2.44 bits per heavy atom. The second-order valence-corrected chi connectivity index (χ2v) is 3.70. The second-order valence-electron chi connectivity index (χ2n) is 3.70. The molecule has 2 aromatic rings. The van der Waals surface area contributed by atoms with Crippen molar-refractivity contribution in [2.45, 2.75) is 6.10 Å². The minimum Gasteiger partial charge on any atom is -0.478 e. The van der Waals surface area contributed by atoms with Crippen molar-refractivity contribution >= 4 is 5.97 Å². The van der Waals surface area contributed by atoms with Crippen LogP contribution in [0.5, 0.6) is 5.75 Å². The molecule has 0 aliphatic rings. The topological polar surface area (TPSA) is 46.5 Å². The number of halogens is 1. The fourth-order valence-corrected chi connectivity index (χ4v) is 1.57. The van der Waals surface area contributed by atoms with Gasteiger partial charge in [-0.1, -0.05) is 36.4 Å². The average molecular weight is 246 g/mol. The molecule has 4 heteroatoms. The van der Waals surface area contributed by atoms with Crippen LogP contribution in [0, 0.1) is 5.82 Å². The van der Waals surface area contributed by atoms with E-state index in [4.69, 9.17) is 9.84 Å². The smallest absolute Gasteiger partial charge is 0.349 e. The molecule has 2 aromatic carbocycles. The van der Waals surface area contributed by atoms with E-state index in [2.05, 4.69) is 0 Å². The van der Waals surface area contributed by atoms with Crippen LogP contribution in [0.4, 0.5) is 4.39 Å². The second kappa shape index (κ2) is 5.31. The van der Waals surface area contributed by atoms with Crippen molar-refractivity contribution in [3.05, 3.63) is 66.0 Å². The highest BCUT2D eigenvalue weighted by Crippen LogP contribution is 2.22. The molecule has 0 amide bonds. The third-order valence-electron chi connectivity index (χ3n) is 2.38. The lowest BCUT2D eigenvalue weighted by atomic mass is 10.1. The molecule has 0 bridgehead atoms. The number of hydrogen-bond donors (Lipinski definition) is 1. The standard InChI is InChI=1S/C14H11FO3/c15-11-7-4-8-12(9-11)18-13(14(16)17)10-5-2-1-3-6-10/h1-9,13H,(H,16,17). The van der Waals surface area contributed by atoms with Crippen LogP contribution < -0.4 is 4.74 Å². The number of carboxylic acid groups (broad SMARTS) is 1. The molecule has 0 aromatic heterocycles. The van der Waals surface area contributed by atoms with Gasteiger partial charge in [0.1, 0.15) is 11.6 Å². The summed E-state index contributed by atoms with van der Waals surface area (Å²) in [6, 6.07) is 13.9. The first-order chi connectivity index (χ1) is 8.66. The zero-order valence-corrected chi connectivity index (χ0v) is 9.42. The molecule has 2 rings (SSSR count). The summed E-state index contributed by atoms with van der Waals surface area (Å²) in [7, 11) is 0. The molecule has 0 saturated heterocycles. The summed E-state index contributed by atoms with van der Waals surface area (Å²) in [5.41, 5.74) is 0.509. The quantitative estimate of drug-likeness (QED) is 0.901. The van der Waals surface area contributed by atoms with Crippen LogP contribution in [0.3, 0.4) is 0 Å². The average Bonchev–Trinajstić information content (AvgIpc) is 2.37.